The second kappa shape index (κ2) is 9.31. The van der Waals surface area contributed by atoms with Crippen LogP contribution in [0, 0.1) is 0 Å². The first-order valence-electron chi connectivity index (χ1n) is 9.02. The Morgan fingerprint density at radius 2 is 1.81 bits per heavy atom. The third-order valence-electron chi connectivity index (χ3n) is 4.61. The van der Waals surface area contributed by atoms with E-state index in [-0.39, 0.29) is 5.91 Å². The van der Waals surface area contributed by atoms with Crippen LogP contribution < -0.4 is 10.1 Å². The van der Waals surface area contributed by atoms with Gasteiger partial charge in [-0.15, -0.1) is 0 Å². The zero-order chi connectivity index (χ0) is 18.2. The van der Waals surface area contributed by atoms with Gasteiger partial charge in [0.25, 0.3) is 0 Å². The molecule has 0 aliphatic carbocycles. The molecule has 6 heteroatoms. The fraction of sp³-hybridized carbons (Fsp3) is 0.400. The number of aromatic nitrogens is 1. The predicted molar refractivity (Wildman–Crippen MR) is 102 cm³/mol. The van der Waals surface area contributed by atoms with Gasteiger partial charge in [-0.3, -0.25) is 14.7 Å². The first-order chi connectivity index (χ1) is 12.7. The molecule has 0 radical (unpaired) electrons. The van der Waals surface area contributed by atoms with Crippen LogP contribution >= 0.6 is 0 Å². The molecule has 1 N–H and O–H groups in total. The van der Waals surface area contributed by atoms with Gasteiger partial charge in [0.2, 0.25) is 5.91 Å². The maximum absolute atomic E-state index is 12.2. The highest BCUT2D eigenvalue weighted by molar-refractivity contribution is 5.92. The van der Waals surface area contributed by atoms with Gasteiger partial charge in [-0.2, -0.15) is 0 Å². The Bertz CT molecular complexity index is 700. The number of hydrogen-bond acceptors (Lipinski definition) is 5. The summed E-state index contributed by atoms with van der Waals surface area (Å²) in [6.45, 7) is 5.64. The van der Waals surface area contributed by atoms with Crippen molar-refractivity contribution in [3.63, 3.8) is 0 Å². The molecule has 26 heavy (non-hydrogen) atoms. The number of carbonyl (C=O) groups excluding carboxylic acids is 1. The molecule has 0 bridgehead atoms. The Balaban J connectivity index is 1.39. The summed E-state index contributed by atoms with van der Waals surface area (Å²) < 4.78 is 5.27. The van der Waals surface area contributed by atoms with Gasteiger partial charge in [0.1, 0.15) is 5.75 Å². The molecule has 1 aliphatic heterocycles. The average Bonchev–Trinajstić information content (AvgIpc) is 2.69. The molecular formula is C20H26N4O2. The maximum Gasteiger partial charge on any atom is 0.225 e. The number of nitrogens with zero attached hydrogens (tertiary/aromatic N) is 3. The fourth-order valence-electron chi connectivity index (χ4n) is 3.11. The Labute approximate surface area is 154 Å². The van der Waals surface area contributed by atoms with Gasteiger partial charge in [0.15, 0.2) is 0 Å². The second-order valence-electron chi connectivity index (χ2n) is 6.44. The van der Waals surface area contributed by atoms with Crippen molar-refractivity contribution in [1.82, 2.24) is 14.8 Å². The molecule has 1 aromatic heterocycles. The summed E-state index contributed by atoms with van der Waals surface area (Å²) >= 11 is 0. The van der Waals surface area contributed by atoms with E-state index in [4.69, 9.17) is 4.74 Å². The number of pyridine rings is 1. The van der Waals surface area contributed by atoms with Gasteiger partial charge in [0.05, 0.1) is 18.5 Å². The summed E-state index contributed by atoms with van der Waals surface area (Å²) in [5.74, 6) is 0.703. The van der Waals surface area contributed by atoms with E-state index in [1.165, 1.54) is 0 Å². The number of nitrogens with one attached hydrogen (secondary N) is 1. The Kier molecular flexibility index (Phi) is 6.57. The molecule has 0 atom stereocenters. The summed E-state index contributed by atoms with van der Waals surface area (Å²) in [5, 5.41) is 2.93. The van der Waals surface area contributed by atoms with Gasteiger partial charge in [0, 0.05) is 51.9 Å². The zero-order valence-corrected chi connectivity index (χ0v) is 15.2. The molecule has 3 rings (SSSR count). The second-order valence-corrected chi connectivity index (χ2v) is 6.44. The van der Waals surface area contributed by atoms with Crippen LogP contribution in [0.1, 0.15) is 12.1 Å². The van der Waals surface area contributed by atoms with Crippen molar-refractivity contribution >= 4 is 11.6 Å². The Morgan fingerprint density at radius 1 is 1.08 bits per heavy atom. The van der Waals surface area contributed by atoms with Crippen molar-refractivity contribution in [1.29, 1.82) is 0 Å². The van der Waals surface area contributed by atoms with Crippen molar-refractivity contribution in [2.24, 2.45) is 0 Å². The van der Waals surface area contributed by atoms with Gasteiger partial charge in [-0.25, -0.2) is 0 Å². The van der Waals surface area contributed by atoms with Crippen LogP contribution in [-0.4, -0.2) is 60.5 Å². The van der Waals surface area contributed by atoms with Crippen molar-refractivity contribution in [2.75, 3.05) is 45.2 Å². The predicted octanol–water partition coefficient (Wildman–Crippen LogP) is 2.24. The lowest BCUT2D eigenvalue weighted by Crippen LogP contribution is -2.46. The molecular weight excluding hydrogens is 328 g/mol. The molecule has 2 aromatic rings. The molecule has 0 saturated carbocycles. The first-order valence-corrected chi connectivity index (χ1v) is 9.02. The molecule has 1 amide bonds. The van der Waals surface area contributed by atoms with Crippen LogP contribution in [-0.2, 0) is 11.3 Å². The number of carbonyl (C=O) groups is 1. The quantitative estimate of drug-likeness (QED) is 0.826. The van der Waals surface area contributed by atoms with Crippen molar-refractivity contribution in [3.8, 4) is 5.75 Å². The molecule has 1 aromatic carbocycles. The third-order valence-corrected chi connectivity index (χ3v) is 4.61. The van der Waals surface area contributed by atoms with E-state index in [1.54, 1.807) is 7.11 Å². The molecule has 1 saturated heterocycles. The minimum atomic E-state index is 0.0189. The summed E-state index contributed by atoms with van der Waals surface area (Å²) in [6.07, 6.45) is 2.32. The largest absolute Gasteiger partial charge is 0.495 e. The number of rotatable bonds is 7. The highest BCUT2D eigenvalue weighted by Crippen LogP contribution is 2.23. The number of anilines is 1. The van der Waals surface area contributed by atoms with E-state index in [0.29, 0.717) is 12.2 Å². The maximum atomic E-state index is 12.2. The standard InChI is InChI=1S/C20H26N4O2/c1-26-19-8-3-2-7-18(19)22-20(25)9-11-23-12-14-24(15-13-23)16-17-6-4-5-10-21-17/h2-8,10H,9,11-16H2,1H3,(H,22,25). The lowest BCUT2D eigenvalue weighted by Gasteiger charge is -2.34. The molecule has 138 valence electrons. The highest BCUT2D eigenvalue weighted by Gasteiger charge is 2.18. The number of para-hydroxylation sites is 2. The number of piperazine rings is 1. The van der Waals surface area contributed by atoms with E-state index < -0.39 is 0 Å². The summed E-state index contributed by atoms with van der Waals surface area (Å²) in [5.41, 5.74) is 1.83. The molecule has 1 fully saturated rings. The van der Waals surface area contributed by atoms with Crippen molar-refractivity contribution in [3.05, 3.63) is 54.4 Å². The molecule has 0 unspecified atom stereocenters. The number of methoxy groups -OCH3 is 1. The summed E-state index contributed by atoms with van der Waals surface area (Å²) in [7, 11) is 1.61. The number of benzene rings is 1. The lowest BCUT2D eigenvalue weighted by molar-refractivity contribution is -0.116. The average molecular weight is 354 g/mol. The van der Waals surface area contributed by atoms with E-state index in [9.17, 15) is 4.79 Å². The fourth-order valence-corrected chi connectivity index (χ4v) is 3.11. The summed E-state index contributed by atoms with van der Waals surface area (Å²) in [4.78, 5) is 21.4. The molecule has 6 nitrogen and oxygen atoms in total. The Hall–Kier alpha value is -2.44. The van der Waals surface area contributed by atoms with Crippen LogP contribution in [0.5, 0.6) is 5.75 Å². The van der Waals surface area contributed by atoms with Gasteiger partial charge in [-0.05, 0) is 24.3 Å². The Morgan fingerprint density at radius 3 is 2.54 bits per heavy atom. The van der Waals surface area contributed by atoms with E-state index in [0.717, 1.165) is 50.6 Å². The number of amides is 1. The topological polar surface area (TPSA) is 57.7 Å². The van der Waals surface area contributed by atoms with Gasteiger partial charge < -0.3 is 15.0 Å². The summed E-state index contributed by atoms with van der Waals surface area (Å²) in [6, 6.07) is 13.5. The zero-order valence-electron chi connectivity index (χ0n) is 15.2. The lowest BCUT2D eigenvalue weighted by atomic mass is 10.2. The SMILES string of the molecule is COc1ccccc1NC(=O)CCN1CCN(Cc2ccccn2)CC1. The number of hydrogen-bond donors (Lipinski definition) is 1. The molecule has 1 aliphatic rings. The van der Waals surface area contributed by atoms with Crippen molar-refractivity contribution < 1.29 is 9.53 Å². The van der Waals surface area contributed by atoms with Crippen LogP contribution in [0.3, 0.4) is 0 Å². The van der Waals surface area contributed by atoms with Gasteiger partial charge >= 0.3 is 0 Å². The number of ether oxygens (including phenoxy) is 1. The van der Waals surface area contributed by atoms with E-state index >= 15 is 0 Å². The first kappa shape index (κ1) is 18.4. The van der Waals surface area contributed by atoms with Crippen LogP contribution in [0.25, 0.3) is 0 Å². The normalized spacial score (nSPS) is 15.6. The van der Waals surface area contributed by atoms with Crippen LogP contribution in [0.2, 0.25) is 0 Å². The van der Waals surface area contributed by atoms with E-state index in [2.05, 4.69) is 26.2 Å². The van der Waals surface area contributed by atoms with Crippen molar-refractivity contribution in [2.45, 2.75) is 13.0 Å². The third kappa shape index (κ3) is 5.28. The smallest absolute Gasteiger partial charge is 0.225 e. The van der Waals surface area contributed by atoms with Gasteiger partial charge in [-0.1, -0.05) is 18.2 Å². The highest BCUT2D eigenvalue weighted by atomic mass is 16.5. The van der Waals surface area contributed by atoms with E-state index in [1.807, 2.05) is 42.6 Å². The minimum Gasteiger partial charge on any atom is -0.495 e. The van der Waals surface area contributed by atoms with Crippen LogP contribution in [0.15, 0.2) is 48.7 Å². The van der Waals surface area contributed by atoms with Crippen LogP contribution in [0.4, 0.5) is 5.69 Å². The minimum absolute atomic E-state index is 0.0189. The molecule has 0 spiro atoms. The molecule has 2 heterocycles. The monoisotopic (exact) mass is 354 g/mol.